The van der Waals surface area contributed by atoms with Gasteiger partial charge in [-0.1, -0.05) is 0 Å². The molecule has 196 valence electrons. The van der Waals surface area contributed by atoms with Crippen LogP contribution in [0.4, 0.5) is 19.0 Å². The Morgan fingerprint density at radius 1 is 1.17 bits per heavy atom. The van der Waals surface area contributed by atoms with Gasteiger partial charge in [-0.05, 0) is 19.3 Å². The molecule has 2 saturated heterocycles. The molecule has 1 amide bonds. The predicted molar refractivity (Wildman–Crippen MR) is 124 cm³/mol. The smallest absolute Gasteiger partial charge is 0.419 e. The van der Waals surface area contributed by atoms with Crippen LogP contribution in [0.25, 0.3) is 0 Å². The van der Waals surface area contributed by atoms with Crippen LogP contribution in [0.3, 0.4) is 0 Å². The lowest BCUT2D eigenvalue weighted by Gasteiger charge is -2.39. The summed E-state index contributed by atoms with van der Waals surface area (Å²) in [6.45, 7) is 3.00. The maximum absolute atomic E-state index is 13.5. The molecule has 0 spiro atoms. The van der Waals surface area contributed by atoms with E-state index >= 15 is 0 Å². The molecule has 13 heteroatoms. The highest BCUT2D eigenvalue weighted by Crippen LogP contribution is 2.33. The summed E-state index contributed by atoms with van der Waals surface area (Å²) in [7, 11) is 1.18. The Morgan fingerprint density at radius 2 is 1.97 bits per heavy atom. The number of nitrogens with zero attached hydrogens (tertiary/aromatic N) is 6. The van der Waals surface area contributed by atoms with Crippen LogP contribution in [-0.4, -0.2) is 95.9 Å². The zero-order valence-electron chi connectivity index (χ0n) is 20.1. The lowest BCUT2D eigenvalue weighted by atomic mass is 9.99. The number of halogens is 3. The van der Waals surface area contributed by atoms with Crippen molar-refractivity contribution in [3.05, 3.63) is 29.0 Å². The number of likely N-dealkylation sites (tertiary alicyclic amines) is 1. The van der Waals surface area contributed by atoms with E-state index in [0.717, 1.165) is 30.5 Å². The highest BCUT2D eigenvalue weighted by atomic mass is 19.4. The van der Waals surface area contributed by atoms with E-state index in [2.05, 4.69) is 20.3 Å². The molecule has 10 nitrogen and oxygen atoms in total. The van der Waals surface area contributed by atoms with Gasteiger partial charge >= 0.3 is 6.18 Å². The van der Waals surface area contributed by atoms with E-state index in [9.17, 15) is 18.0 Å². The molecular formula is C23H30F3N7O3. The van der Waals surface area contributed by atoms with Gasteiger partial charge in [-0.3, -0.25) is 9.80 Å². The molecule has 4 aliphatic heterocycles. The van der Waals surface area contributed by atoms with Gasteiger partial charge in [-0.2, -0.15) is 13.2 Å². The van der Waals surface area contributed by atoms with E-state index in [1.807, 2.05) is 9.91 Å². The number of carbonyl (C=O) groups is 1. The fraction of sp³-hybridized carbons (Fsp3) is 0.652. The molecule has 1 atom stereocenters. The summed E-state index contributed by atoms with van der Waals surface area (Å²) in [4.78, 5) is 27.5. The van der Waals surface area contributed by atoms with Crippen LogP contribution >= 0.6 is 0 Å². The Hall–Kier alpha value is -2.93. The standard InChI is InChI=1S/C23H30F3N7O3/c1-35-21-18(23(24,25)26)12-33(14-29-21)32-7-3-19-17(11-32)20(28-13-27-19)30-16-2-6-31(10-16)22(34)15-4-8-36-9-5-15/h13-16H,2-12H2,1H3,(H,27,28,30). The molecule has 5 rings (SSSR count). The molecule has 5 heterocycles. The minimum atomic E-state index is -4.54. The molecular weight excluding hydrogens is 479 g/mol. The normalized spacial score (nSPS) is 23.7. The Balaban J connectivity index is 1.25. The fourth-order valence-corrected chi connectivity index (χ4v) is 5.17. The summed E-state index contributed by atoms with van der Waals surface area (Å²) in [6.07, 6.45) is 1.23. The first-order valence-corrected chi connectivity index (χ1v) is 12.2. The summed E-state index contributed by atoms with van der Waals surface area (Å²) in [6, 6.07) is 0.0451. The number of aliphatic imine (C=N–C) groups is 1. The zero-order chi connectivity index (χ0) is 25.3. The molecule has 0 bridgehead atoms. The van der Waals surface area contributed by atoms with Crippen molar-refractivity contribution in [2.75, 3.05) is 51.8 Å². The number of alkyl halides is 3. The second-order valence-corrected chi connectivity index (χ2v) is 9.41. The first-order valence-electron chi connectivity index (χ1n) is 12.2. The number of hydrazine groups is 1. The van der Waals surface area contributed by atoms with E-state index in [1.165, 1.54) is 24.8 Å². The van der Waals surface area contributed by atoms with E-state index < -0.39 is 17.6 Å². The highest BCUT2D eigenvalue weighted by Gasteiger charge is 2.41. The number of fused-ring (bicyclic) bond motifs is 1. The molecule has 0 radical (unpaired) electrons. The van der Waals surface area contributed by atoms with Crippen molar-refractivity contribution in [3.63, 3.8) is 0 Å². The van der Waals surface area contributed by atoms with Crippen molar-refractivity contribution in [2.24, 2.45) is 10.9 Å². The average molecular weight is 510 g/mol. The molecule has 4 aliphatic rings. The van der Waals surface area contributed by atoms with Crippen molar-refractivity contribution >= 4 is 18.1 Å². The number of anilines is 1. The fourth-order valence-electron chi connectivity index (χ4n) is 5.17. The number of hydrogen-bond donors (Lipinski definition) is 1. The summed E-state index contributed by atoms with van der Waals surface area (Å²) >= 11 is 0. The third-order valence-electron chi connectivity index (χ3n) is 7.18. The number of methoxy groups -OCH3 is 1. The second-order valence-electron chi connectivity index (χ2n) is 9.41. The molecule has 1 aromatic heterocycles. The minimum absolute atomic E-state index is 0.0262. The SMILES string of the molecule is COC1=C(C(F)(F)F)CN(N2CCc3ncnc(NC4CCN(C(=O)C5CCOCC5)C4)c3C2)C=N1. The highest BCUT2D eigenvalue weighted by molar-refractivity contribution is 5.79. The van der Waals surface area contributed by atoms with E-state index in [1.54, 1.807) is 0 Å². The predicted octanol–water partition coefficient (Wildman–Crippen LogP) is 1.95. The van der Waals surface area contributed by atoms with Crippen LogP contribution in [0.2, 0.25) is 0 Å². The van der Waals surface area contributed by atoms with Gasteiger partial charge in [0.05, 0.1) is 19.3 Å². The molecule has 2 fully saturated rings. The lowest BCUT2D eigenvalue weighted by molar-refractivity contribution is -0.137. The van der Waals surface area contributed by atoms with Gasteiger partial charge in [-0.25, -0.2) is 20.0 Å². The topological polar surface area (TPSA) is 95.4 Å². The maximum atomic E-state index is 13.5. The van der Waals surface area contributed by atoms with Crippen LogP contribution in [0.15, 0.2) is 22.8 Å². The molecule has 0 aromatic carbocycles. The number of aromatic nitrogens is 2. The maximum Gasteiger partial charge on any atom is 0.419 e. The third kappa shape index (κ3) is 5.12. The number of rotatable bonds is 5. The summed E-state index contributed by atoms with van der Waals surface area (Å²) in [5, 5.41) is 6.75. The van der Waals surface area contributed by atoms with Crippen LogP contribution in [0.5, 0.6) is 0 Å². The number of nitrogens with one attached hydrogen (secondary N) is 1. The summed E-state index contributed by atoms with van der Waals surface area (Å²) < 4.78 is 50.8. The van der Waals surface area contributed by atoms with Crippen molar-refractivity contribution < 1.29 is 27.4 Å². The van der Waals surface area contributed by atoms with Crippen molar-refractivity contribution in [2.45, 2.75) is 44.4 Å². The quantitative estimate of drug-likeness (QED) is 0.644. The minimum Gasteiger partial charge on any atom is -0.481 e. The van der Waals surface area contributed by atoms with Gasteiger partial charge in [0.1, 0.15) is 24.1 Å². The van der Waals surface area contributed by atoms with E-state index in [4.69, 9.17) is 9.47 Å². The third-order valence-corrected chi connectivity index (χ3v) is 7.18. The lowest BCUT2D eigenvalue weighted by Crippen LogP contribution is -2.48. The summed E-state index contributed by atoms with van der Waals surface area (Å²) in [5.41, 5.74) is 0.901. The zero-order valence-corrected chi connectivity index (χ0v) is 20.1. The van der Waals surface area contributed by atoms with E-state index in [-0.39, 0.29) is 24.4 Å². The van der Waals surface area contributed by atoms with Crippen LogP contribution in [-0.2, 0) is 27.2 Å². The monoisotopic (exact) mass is 509 g/mol. The number of amides is 1. The Kier molecular flexibility index (Phi) is 7.02. The molecule has 1 unspecified atom stereocenters. The average Bonchev–Trinajstić information content (AvgIpc) is 3.36. The molecule has 1 N–H and O–H groups in total. The number of hydrogen-bond acceptors (Lipinski definition) is 9. The number of carbonyl (C=O) groups excluding carboxylic acids is 1. The van der Waals surface area contributed by atoms with Gasteiger partial charge in [0, 0.05) is 63.3 Å². The van der Waals surface area contributed by atoms with Gasteiger partial charge < -0.3 is 19.7 Å². The molecule has 0 aliphatic carbocycles. The number of ether oxygens (including phenoxy) is 2. The van der Waals surface area contributed by atoms with Crippen molar-refractivity contribution in [1.29, 1.82) is 0 Å². The molecule has 36 heavy (non-hydrogen) atoms. The first kappa shape index (κ1) is 24.8. The van der Waals surface area contributed by atoms with E-state index in [0.29, 0.717) is 51.6 Å². The molecule has 0 saturated carbocycles. The van der Waals surface area contributed by atoms with Gasteiger partial charge in [-0.15, -0.1) is 0 Å². The Morgan fingerprint density at radius 3 is 2.72 bits per heavy atom. The summed E-state index contributed by atoms with van der Waals surface area (Å²) in [5.74, 6) is 0.460. The van der Waals surface area contributed by atoms with Gasteiger partial charge in [0.15, 0.2) is 0 Å². The second kappa shape index (κ2) is 10.2. The Labute approximate surface area is 207 Å². The van der Waals surface area contributed by atoms with Crippen LogP contribution < -0.4 is 5.32 Å². The molecule has 1 aromatic rings. The largest absolute Gasteiger partial charge is 0.481 e. The van der Waals surface area contributed by atoms with Crippen LogP contribution in [0.1, 0.15) is 30.5 Å². The van der Waals surface area contributed by atoms with Gasteiger partial charge in [0.2, 0.25) is 11.8 Å². The first-order chi connectivity index (χ1) is 17.3. The van der Waals surface area contributed by atoms with Crippen molar-refractivity contribution in [3.8, 4) is 0 Å². The van der Waals surface area contributed by atoms with Crippen LogP contribution in [0, 0.1) is 5.92 Å². The van der Waals surface area contributed by atoms with Crippen molar-refractivity contribution in [1.82, 2.24) is 24.9 Å². The Bertz CT molecular complexity index is 1040. The van der Waals surface area contributed by atoms with Gasteiger partial charge in [0.25, 0.3) is 0 Å².